The lowest BCUT2D eigenvalue weighted by molar-refractivity contribution is 1.27. The molecule has 0 radical (unpaired) electrons. The fraction of sp³-hybridized carbons (Fsp3) is 0.111. The number of nitrogens with zero attached hydrogens (tertiary/aromatic N) is 2. The Hall–Kier alpha value is -1.16. The molecule has 0 unspecified atom stereocenters. The van der Waals surface area contributed by atoms with Crippen molar-refractivity contribution in [2.45, 2.75) is 6.92 Å². The molecule has 1 aromatic carbocycles. The minimum Gasteiger partial charge on any atom is -0.382 e. The molecule has 0 aliphatic rings. The van der Waals surface area contributed by atoms with E-state index in [9.17, 15) is 0 Å². The van der Waals surface area contributed by atoms with Gasteiger partial charge >= 0.3 is 0 Å². The highest BCUT2D eigenvalue weighted by Gasteiger charge is 2.03. The molecule has 0 atom stereocenters. The molecule has 2 rings (SSSR count). The van der Waals surface area contributed by atoms with Gasteiger partial charge in [-0.15, -0.1) is 0 Å². The fourth-order valence-corrected chi connectivity index (χ4v) is 1.52. The monoisotopic (exact) mass is 237 g/mol. The molecule has 66 valence electrons. The van der Waals surface area contributed by atoms with Crippen molar-refractivity contribution >= 4 is 32.8 Å². The minimum atomic E-state index is 0.453. The van der Waals surface area contributed by atoms with Crippen molar-refractivity contribution in [2.24, 2.45) is 0 Å². The first-order chi connectivity index (χ1) is 6.18. The zero-order chi connectivity index (χ0) is 9.42. The summed E-state index contributed by atoms with van der Waals surface area (Å²) in [6, 6.07) is 3.88. The Kier molecular flexibility index (Phi) is 1.92. The maximum absolute atomic E-state index is 5.55. The molecule has 0 aliphatic carbocycles. The molecule has 1 heterocycles. The van der Waals surface area contributed by atoms with Crippen LogP contribution in [-0.2, 0) is 0 Å². The van der Waals surface area contributed by atoms with Gasteiger partial charge in [-0.25, -0.2) is 4.98 Å². The quantitative estimate of drug-likeness (QED) is 0.765. The Labute approximate surface area is 84.1 Å². The molecular weight excluding hydrogens is 230 g/mol. The SMILES string of the molecule is Cc1c(Br)ccc2ncc(N)nc12. The molecule has 0 bridgehead atoms. The third kappa shape index (κ3) is 1.37. The summed E-state index contributed by atoms with van der Waals surface area (Å²) in [4.78, 5) is 8.40. The molecule has 0 saturated carbocycles. The molecule has 2 N–H and O–H groups in total. The smallest absolute Gasteiger partial charge is 0.142 e. The highest BCUT2D eigenvalue weighted by molar-refractivity contribution is 9.10. The van der Waals surface area contributed by atoms with Gasteiger partial charge in [0.15, 0.2) is 0 Å². The Morgan fingerprint density at radius 1 is 1.38 bits per heavy atom. The number of aryl methyl sites for hydroxylation is 1. The van der Waals surface area contributed by atoms with Crippen LogP contribution in [-0.4, -0.2) is 9.97 Å². The lowest BCUT2D eigenvalue weighted by Gasteiger charge is -2.02. The van der Waals surface area contributed by atoms with E-state index in [0.29, 0.717) is 5.82 Å². The van der Waals surface area contributed by atoms with Gasteiger partial charge in [0.25, 0.3) is 0 Å². The van der Waals surface area contributed by atoms with E-state index in [1.807, 2.05) is 19.1 Å². The number of hydrogen-bond acceptors (Lipinski definition) is 3. The number of halogens is 1. The largest absolute Gasteiger partial charge is 0.382 e. The van der Waals surface area contributed by atoms with Gasteiger partial charge in [-0.3, -0.25) is 4.98 Å². The maximum atomic E-state index is 5.55. The third-order valence-corrected chi connectivity index (χ3v) is 2.78. The van der Waals surface area contributed by atoms with E-state index in [1.54, 1.807) is 6.20 Å². The number of rotatable bonds is 0. The van der Waals surface area contributed by atoms with Crippen LogP contribution in [0.2, 0.25) is 0 Å². The second kappa shape index (κ2) is 2.96. The maximum Gasteiger partial charge on any atom is 0.142 e. The summed E-state index contributed by atoms with van der Waals surface area (Å²) in [5.41, 5.74) is 8.35. The normalized spacial score (nSPS) is 10.6. The lowest BCUT2D eigenvalue weighted by Crippen LogP contribution is -1.94. The number of anilines is 1. The van der Waals surface area contributed by atoms with E-state index in [1.165, 1.54) is 0 Å². The average Bonchev–Trinajstić information content (AvgIpc) is 2.12. The summed E-state index contributed by atoms with van der Waals surface area (Å²) < 4.78 is 1.03. The van der Waals surface area contributed by atoms with Gasteiger partial charge < -0.3 is 5.73 Å². The third-order valence-electron chi connectivity index (χ3n) is 1.92. The summed E-state index contributed by atoms with van der Waals surface area (Å²) in [7, 11) is 0. The van der Waals surface area contributed by atoms with Crippen molar-refractivity contribution in [1.82, 2.24) is 9.97 Å². The summed E-state index contributed by atoms with van der Waals surface area (Å²) in [6.45, 7) is 1.99. The predicted octanol–water partition coefficient (Wildman–Crippen LogP) is 2.28. The summed E-state index contributed by atoms with van der Waals surface area (Å²) in [5, 5.41) is 0. The number of aromatic nitrogens is 2. The van der Waals surface area contributed by atoms with E-state index in [4.69, 9.17) is 5.73 Å². The van der Waals surface area contributed by atoms with Crippen LogP contribution in [0.25, 0.3) is 11.0 Å². The Balaban J connectivity index is 2.89. The van der Waals surface area contributed by atoms with E-state index >= 15 is 0 Å². The summed E-state index contributed by atoms with van der Waals surface area (Å²) in [5.74, 6) is 0.453. The highest BCUT2D eigenvalue weighted by atomic mass is 79.9. The van der Waals surface area contributed by atoms with Crippen molar-refractivity contribution in [2.75, 3.05) is 5.73 Å². The van der Waals surface area contributed by atoms with Crippen LogP contribution in [0.4, 0.5) is 5.82 Å². The lowest BCUT2D eigenvalue weighted by atomic mass is 10.2. The Morgan fingerprint density at radius 2 is 2.15 bits per heavy atom. The van der Waals surface area contributed by atoms with Gasteiger partial charge in [0.2, 0.25) is 0 Å². The van der Waals surface area contributed by atoms with Crippen molar-refractivity contribution in [1.29, 1.82) is 0 Å². The molecule has 0 amide bonds. The molecule has 2 aromatic rings. The Morgan fingerprint density at radius 3 is 2.92 bits per heavy atom. The van der Waals surface area contributed by atoms with Gasteiger partial charge in [0, 0.05) is 4.47 Å². The highest BCUT2D eigenvalue weighted by Crippen LogP contribution is 2.23. The molecule has 0 spiro atoms. The first-order valence-corrected chi connectivity index (χ1v) is 4.65. The number of nitrogens with two attached hydrogens (primary N) is 1. The van der Waals surface area contributed by atoms with E-state index < -0.39 is 0 Å². The van der Waals surface area contributed by atoms with Gasteiger partial charge in [0.05, 0.1) is 17.2 Å². The molecule has 0 saturated heterocycles. The standard InChI is InChI=1S/C9H8BrN3/c1-5-6(10)2-3-7-9(5)13-8(11)4-12-7/h2-4H,1H3,(H2,11,13). The van der Waals surface area contributed by atoms with Crippen LogP contribution in [0.3, 0.4) is 0 Å². The fourth-order valence-electron chi connectivity index (χ4n) is 1.20. The second-order valence-corrected chi connectivity index (χ2v) is 3.69. The minimum absolute atomic E-state index is 0.453. The zero-order valence-corrected chi connectivity index (χ0v) is 8.67. The zero-order valence-electron chi connectivity index (χ0n) is 7.08. The predicted molar refractivity (Wildman–Crippen MR) is 56.4 cm³/mol. The number of nitrogen functional groups attached to an aromatic ring is 1. The number of hydrogen-bond donors (Lipinski definition) is 1. The van der Waals surface area contributed by atoms with Crippen molar-refractivity contribution < 1.29 is 0 Å². The summed E-state index contributed by atoms with van der Waals surface area (Å²) in [6.07, 6.45) is 1.57. The Bertz CT molecular complexity index is 462. The van der Waals surface area contributed by atoms with Crippen LogP contribution in [0, 0.1) is 6.92 Å². The molecule has 1 aromatic heterocycles. The van der Waals surface area contributed by atoms with Crippen molar-refractivity contribution in [3.05, 3.63) is 28.4 Å². The molecule has 0 aliphatic heterocycles. The molecule has 3 nitrogen and oxygen atoms in total. The molecule has 4 heteroatoms. The van der Waals surface area contributed by atoms with Gasteiger partial charge in [0.1, 0.15) is 5.82 Å². The van der Waals surface area contributed by atoms with Gasteiger partial charge in [-0.05, 0) is 24.6 Å². The van der Waals surface area contributed by atoms with E-state index in [2.05, 4.69) is 25.9 Å². The van der Waals surface area contributed by atoms with Gasteiger partial charge in [-0.1, -0.05) is 15.9 Å². The first kappa shape index (κ1) is 8.44. The van der Waals surface area contributed by atoms with Gasteiger partial charge in [-0.2, -0.15) is 0 Å². The van der Waals surface area contributed by atoms with Crippen LogP contribution in [0.5, 0.6) is 0 Å². The first-order valence-electron chi connectivity index (χ1n) is 3.86. The van der Waals surface area contributed by atoms with Crippen molar-refractivity contribution in [3.8, 4) is 0 Å². The van der Waals surface area contributed by atoms with Crippen LogP contribution < -0.4 is 5.73 Å². The topological polar surface area (TPSA) is 51.8 Å². The second-order valence-electron chi connectivity index (χ2n) is 2.83. The van der Waals surface area contributed by atoms with Crippen molar-refractivity contribution in [3.63, 3.8) is 0 Å². The molecule has 0 fully saturated rings. The summed E-state index contributed by atoms with van der Waals surface area (Å²) >= 11 is 3.43. The van der Waals surface area contributed by atoms with E-state index in [-0.39, 0.29) is 0 Å². The molecule has 13 heavy (non-hydrogen) atoms. The van der Waals surface area contributed by atoms with E-state index in [0.717, 1.165) is 21.1 Å². The van der Waals surface area contributed by atoms with Crippen LogP contribution >= 0.6 is 15.9 Å². The van der Waals surface area contributed by atoms with Crippen LogP contribution in [0.15, 0.2) is 22.8 Å². The molecular formula is C9H8BrN3. The van der Waals surface area contributed by atoms with Crippen LogP contribution in [0.1, 0.15) is 5.56 Å². The number of benzene rings is 1. The average molecular weight is 238 g/mol. The number of fused-ring (bicyclic) bond motifs is 1.